The highest BCUT2D eigenvalue weighted by atomic mass is 16.2. The molecule has 1 aliphatic rings. The SMILES string of the molecule is CC(C)CC[C@H]1CCCCN1C(=O)NCc1ncnn1C. The Morgan fingerprint density at radius 2 is 2.29 bits per heavy atom. The zero-order valence-electron chi connectivity index (χ0n) is 13.4. The number of hydrogen-bond acceptors (Lipinski definition) is 3. The van der Waals surface area contributed by atoms with Gasteiger partial charge < -0.3 is 10.2 Å². The molecule has 1 aromatic heterocycles. The van der Waals surface area contributed by atoms with Crippen molar-refractivity contribution in [3.63, 3.8) is 0 Å². The smallest absolute Gasteiger partial charge is 0.318 e. The standard InChI is InChI=1S/C15H27N5O/c1-12(2)7-8-13-6-4-5-9-20(13)15(21)16-10-14-17-11-18-19(14)3/h11-13H,4-10H2,1-3H3,(H,16,21)/t13-/m1/s1. The average molecular weight is 293 g/mol. The molecular weight excluding hydrogens is 266 g/mol. The fourth-order valence-electron chi connectivity index (χ4n) is 2.83. The molecule has 118 valence electrons. The highest BCUT2D eigenvalue weighted by Crippen LogP contribution is 2.22. The minimum atomic E-state index is 0.0338. The van der Waals surface area contributed by atoms with Gasteiger partial charge in [-0.25, -0.2) is 9.78 Å². The summed E-state index contributed by atoms with van der Waals surface area (Å²) in [7, 11) is 1.83. The maximum Gasteiger partial charge on any atom is 0.318 e. The van der Waals surface area contributed by atoms with Crippen LogP contribution < -0.4 is 5.32 Å². The molecule has 1 fully saturated rings. The molecule has 2 heterocycles. The summed E-state index contributed by atoms with van der Waals surface area (Å²) in [5.74, 6) is 1.47. The Kier molecular flexibility index (Phi) is 5.59. The molecule has 1 aliphatic heterocycles. The molecule has 1 N–H and O–H groups in total. The molecule has 1 atom stereocenters. The number of piperidine rings is 1. The maximum absolute atomic E-state index is 12.4. The number of aryl methyl sites for hydroxylation is 1. The number of urea groups is 1. The van der Waals surface area contributed by atoms with E-state index in [4.69, 9.17) is 0 Å². The zero-order chi connectivity index (χ0) is 15.2. The molecule has 2 rings (SSSR count). The second kappa shape index (κ2) is 7.43. The minimum Gasteiger partial charge on any atom is -0.331 e. The van der Waals surface area contributed by atoms with Crippen LogP contribution in [-0.4, -0.2) is 38.3 Å². The van der Waals surface area contributed by atoms with Gasteiger partial charge in [0.15, 0.2) is 0 Å². The molecule has 2 amide bonds. The van der Waals surface area contributed by atoms with Gasteiger partial charge in [-0.05, 0) is 38.0 Å². The summed E-state index contributed by atoms with van der Waals surface area (Å²) in [6.45, 7) is 5.78. The molecule has 0 aromatic carbocycles. The van der Waals surface area contributed by atoms with Crippen molar-refractivity contribution < 1.29 is 4.79 Å². The van der Waals surface area contributed by atoms with E-state index in [-0.39, 0.29) is 6.03 Å². The summed E-state index contributed by atoms with van der Waals surface area (Å²) >= 11 is 0. The molecule has 21 heavy (non-hydrogen) atoms. The van der Waals surface area contributed by atoms with Gasteiger partial charge in [0, 0.05) is 19.6 Å². The van der Waals surface area contributed by atoms with Gasteiger partial charge in [0.2, 0.25) is 0 Å². The van der Waals surface area contributed by atoms with Crippen molar-refractivity contribution in [3.05, 3.63) is 12.2 Å². The van der Waals surface area contributed by atoms with Crippen molar-refractivity contribution in [1.82, 2.24) is 25.0 Å². The van der Waals surface area contributed by atoms with Crippen molar-refractivity contribution in [3.8, 4) is 0 Å². The molecular formula is C15H27N5O. The summed E-state index contributed by atoms with van der Waals surface area (Å²) in [6.07, 6.45) is 7.26. The van der Waals surface area contributed by atoms with E-state index in [0.717, 1.165) is 31.6 Å². The Labute approximate surface area is 126 Å². The predicted octanol–water partition coefficient (Wildman–Crippen LogP) is 2.32. The molecule has 0 saturated carbocycles. The number of amides is 2. The van der Waals surface area contributed by atoms with Crippen molar-refractivity contribution in [2.24, 2.45) is 13.0 Å². The topological polar surface area (TPSA) is 63.1 Å². The van der Waals surface area contributed by atoms with Gasteiger partial charge in [0.1, 0.15) is 12.2 Å². The first-order chi connectivity index (χ1) is 10.1. The van der Waals surface area contributed by atoms with Crippen LogP contribution in [0, 0.1) is 5.92 Å². The third-order valence-electron chi connectivity index (χ3n) is 4.17. The van der Waals surface area contributed by atoms with E-state index in [9.17, 15) is 4.79 Å². The number of likely N-dealkylation sites (tertiary alicyclic amines) is 1. The van der Waals surface area contributed by atoms with Gasteiger partial charge in [-0.2, -0.15) is 5.10 Å². The normalized spacial score (nSPS) is 19.0. The van der Waals surface area contributed by atoms with E-state index >= 15 is 0 Å². The van der Waals surface area contributed by atoms with Crippen LogP contribution in [0.4, 0.5) is 4.79 Å². The zero-order valence-corrected chi connectivity index (χ0v) is 13.4. The molecule has 0 aliphatic carbocycles. The molecule has 6 nitrogen and oxygen atoms in total. The monoisotopic (exact) mass is 293 g/mol. The first-order valence-electron chi connectivity index (χ1n) is 7.95. The maximum atomic E-state index is 12.4. The van der Waals surface area contributed by atoms with E-state index in [1.807, 2.05) is 11.9 Å². The number of nitrogens with zero attached hydrogens (tertiary/aromatic N) is 4. The minimum absolute atomic E-state index is 0.0338. The average Bonchev–Trinajstić information content (AvgIpc) is 2.88. The molecule has 0 bridgehead atoms. The van der Waals surface area contributed by atoms with E-state index < -0.39 is 0 Å². The summed E-state index contributed by atoms with van der Waals surface area (Å²) < 4.78 is 1.69. The number of rotatable bonds is 5. The number of hydrogen-bond donors (Lipinski definition) is 1. The Morgan fingerprint density at radius 3 is 2.95 bits per heavy atom. The number of carbonyl (C=O) groups excluding carboxylic acids is 1. The summed E-state index contributed by atoms with van der Waals surface area (Å²) in [5.41, 5.74) is 0. The van der Waals surface area contributed by atoms with Crippen molar-refractivity contribution >= 4 is 6.03 Å². The first-order valence-corrected chi connectivity index (χ1v) is 7.95. The number of carbonyl (C=O) groups is 1. The van der Waals surface area contributed by atoms with Crippen LogP contribution in [0.3, 0.4) is 0 Å². The molecule has 6 heteroatoms. The van der Waals surface area contributed by atoms with Crippen LogP contribution in [0.1, 0.15) is 51.8 Å². The van der Waals surface area contributed by atoms with E-state index in [1.165, 1.54) is 19.2 Å². The van der Waals surface area contributed by atoms with Crippen LogP contribution in [0.15, 0.2) is 6.33 Å². The van der Waals surface area contributed by atoms with Crippen molar-refractivity contribution in [1.29, 1.82) is 0 Å². The van der Waals surface area contributed by atoms with Gasteiger partial charge in [-0.15, -0.1) is 0 Å². The molecule has 0 radical (unpaired) electrons. The van der Waals surface area contributed by atoms with E-state index in [1.54, 1.807) is 4.68 Å². The van der Waals surface area contributed by atoms with Crippen molar-refractivity contribution in [2.75, 3.05) is 6.54 Å². The van der Waals surface area contributed by atoms with Crippen LogP contribution in [0.5, 0.6) is 0 Å². The van der Waals surface area contributed by atoms with Gasteiger partial charge in [-0.1, -0.05) is 13.8 Å². The molecule has 0 unspecified atom stereocenters. The molecule has 1 saturated heterocycles. The van der Waals surface area contributed by atoms with Gasteiger partial charge in [0.25, 0.3) is 0 Å². The lowest BCUT2D eigenvalue weighted by Crippen LogP contribution is -2.48. The highest BCUT2D eigenvalue weighted by molar-refractivity contribution is 5.74. The van der Waals surface area contributed by atoms with Gasteiger partial charge in [-0.3, -0.25) is 4.68 Å². The summed E-state index contributed by atoms with van der Waals surface area (Å²) in [4.78, 5) is 18.6. The summed E-state index contributed by atoms with van der Waals surface area (Å²) in [5, 5.41) is 6.99. The van der Waals surface area contributed by atoms with E-state index in [2.05, 4.69) is 29.2 Å². The predicted molar refractivity (Wildman–Crippen MR) is 81.7 cm³/mol. The fourth-order valence-corrected chi connectivity index (χ4v) is 2.83. The quantitative estimate of drug-likeness (QED) is 0.906. The van der Waals surface area contributed by atoms with Gasteiger partial charge >= 0.3 is 6.03 Å². The highest BCUT2D eigenvalue weighted by Gasteiger charge is 2.26. The lowest BCUT2D eigenvalue weighted by atomic mass is 9.95. The second-order valence-corrected chi connectivity index (χ2v) is 6.27. The van der Waals surface area contributed by atoms with Gasteiger partial charge in [0.05, 0.1) is 6.54 Å². The van der Waals surface area contributed by atoms with Crippen LogP contribution in [-0.2, 0) is 13.6 Å². The largest absolute Gasteiger partial charge is 0.331 e. The first kappa shape index (κ1) is 15.8. The van der Waals surface area contributed by atoms with Crippen LogP contribution >= 0.6 is 0 Å². The fraction of sp³-hybridized carbons (Fsp3) is 0.800. The Morgan fingerprint density at radius 1 is 1.48 bits per heavy atom. The second-order valence-electron chi connectivity index (χ2n) is 6.27. The lowest BCUT2D eigenvalue weighted by molar-refractivity contribution is 0.142. The Balaban J connectivity index is 1.87. The Bertz CT molecular complexity index is 457. The van der Waals surface area contributed by atoms with Crippen molar-refractivity contribution in [2.45, 2.75) is 58.5 Å². The lowest BCUT2D eigenvalue weighted by Gasteiger charge is -2.36. The molecule has 0 spiro atoms. The van der Waals surface area contributed by atoms with Crippen LogP contribution in [0.2, 0.25) is 0 Å². The third-order valence-corrected chi connectivity index (χ3v) is 4.17. The van der Waals surface area contributed by atoms with Crippen LogP contribution in [0.25, 0.3) is 0 Å². The third kappa shape index (κ3) is 4.44. The summed E-state index contributed by atoms with van der Waals surface area (Å²) in [6, 6.07) is 0.423. The van der Waals surface area contributed by atoms with E-state index in [0.29, 0.717) is 18.5 Å². The number of nitrogens with one attached hydrogen (secondary N) is 1. The Hall–Kier alpha value is -1.59. The molecule has 1 aromatic rings. The number of aromatic nitrogens is 3.